The van der Waals surface area contributed by atoms with E-state index < -0.39 is 68.0 Å². The van der Waals surface area contributed by atoms with Gasteiger partial charge in [-0.2, -0.15) is 0 Å². The normalized spacial score (nSPS) is 16.6. The van der Waals surface area contributed by atoms with E-state index in [-0.39, 0.29) is 61.0 Å². The summed E-state index contributed by atoms with van der Waals surface area (Å²) in [4.78, 5) is 10.0. The monoisotopic (exact) mass is 1010 g/mol. The summed E-state index contributed by atoms with van der Waals surface area (Å²) >= 11 is 0. The number of rotatable bonds is 8. The quantitative estimate of drug-likeness (QED) is 0.154. The van der Waals surface area contributed by atoms with Crippen LogP contribution >= 0.6 is 0 Å². The molecule has 0 atom stereocenters. The zero-order chi connectivity index (χ0) is 56.9. The largest absolute Gasteiger partial charge is 0.507 e. The first kappa shape index (κ1) is 28.2. The number of para-hydroxylation sites is 1. The van der Waals surface area contributed by atoms with Crippen molar-refractivity contribution in [2.75, 3.05) is 0 Å². The van der Waals surface area contributed by atoms with Crippen LogP contribution in [0.5, 0.6) is 5.75 Å². The van der Waals surface area contributed by atoms with Gasteiger partial charge in [0.05, 0.1) is 27.8 Å². The van der Waals surface area contributed by atoms with Gasteiger partial charge in [-0.05, 0) is 104 Å². The number of fused-ring (bicyclic) bond motifs is 1. The SMILES string of the molecule is [2H]c1c([2H])c(C(C([2H])([2H])[2H])(C([2H])([2H])[2H])C([2H])([2H])[2H])c([2H])c([2H])c1-c1ccnc(-c2[c-]c(-c3cccc4c3nc(-c3cc(C(C)C)cc(C(C)C)c3O)n4-c3ccc(-c4ccccc4)cc3C([2H])([2H])[2H])cc(C(C)(C)C)c2)c1.[Pt]. The number of nitrogens with zero attached hydrogens (tertiary/aromatic N) is 3. The molecule has 0 unspecified atom stereocenters. The van der Waals surface area contributed by atoms with E-state index >= 15 is 0 Å². The van der Waals surface area contributed by atoms with E-state index in [2.05, 4.69) is 24.9 Å². The first-order valence-electron chi connectivity index (χ1n) is 28.4. The van der Waals surface area contributed by atoms with Gasteiger partial charge in [-0.25, -0.2) is 4.98 Å². The molecule has 8 rings (SSSR count). The molecule has 0 aliphatic carbocycles. The molecule has 8 aromatic rings. The average Bonchev–Trinajstić information content (AvgIpc) is 3.73. The Kier molecular flexibility index (Phi) is 7.86. The van der Waals surface area contributed by atoms with Crippen LogP contribution < -0.4 is 0 Å². The number of hydrogen-bond donors (Lipinski definition) is 1. The maximum atomic E-state index is 12.2. The van der Waals surface area contributed by atoms with Gasteiger partial charge in [0, 0.05) is 49.4 Å². The molecule has 0 bridgehead atoms. The second-order valence-corrected chi connectivity index (χ2v) is 17.2. The molecule has 0 fully saturated rings. The van der Waals surface area contributed by atoms with E-state index in [0.29, 0.717) is 55.9 Å². The van der Waals surface area contributed by atoms with Crippen molar-refractivity contribution in [2.24, 2.45) is 0 Å². The van der Waals surface area contributed by atoms with Crippen LogP contribution in [-0.4, -0.2) is 19.6 Å². The van der Waals surface area contributed by atoms with Gasteiger partial charge in [0.15, 0.2) is 0 Å². The third-order valence-electron chi connectivity index (χ3n) is 11.1. The fourth-order valence-electron chi connectivity index (χ4n) is 7.57. The number of imidazole rings is 1. The van der Waals surface area contributed by atoms with Gasteiger partial charge < -0.3 is 5.11 Å². The Morgan fingerprint density at radius 2 is 1.40 bits per heavy atom. The molecule has 0 radical (unpaired) electrons. The van der Waals surface area contributed by atoms with E-state index in [0.717, 1.165) is 16.7 Å². The smallest absolute Gasteiger partial charge is 0.148 e. The standard InChI is InChI=1S/C57H58N3O.Pt/c1-35(2)42-32-48(36(3)4)54(61)49(33-42)55-59-53-47(18-15-19-52(53)60(55)51-25-22-40(28-37(51)5)38-16-13-12-14-17-38)43-29-44(31-46(30-43)57(9,10)11)50-34-41(26-27-58-50)39-20-23-45(24-21-39)56(6,7)8;/h12-28,30-36,61H,1-11H3;/q-1;/i5D3,6D3,7D3,8D3,20D,21D,23D,24D;. The van der Waals surface area contributed by atoms with Crippen molar-refractivity contribution in [1.82, 2.24) is 14.5 Å². The van der Waals surface area contributed by atoms with Gasteiger partial charge in [-0.1, -0.05) is 165 Å². The first-order chi connectivity index (χ1) is 35.6. The Morgan fingerprint density at radius 1 is 0.677 bits per heavy atom. The molecule has 0 saturated heterocycles. The number of aromatic nitrogens is 3. The summed E-state index contributed by atoms with van der Waals surface area (Å²) < 4.78 is 139. The maximum absolute atomic E-state index is 12.2. The van der Waals surface area contributed by atoms with Gasteiger partial charge >= 0.3 is 0 Å². The number of aromatic hydroxyl groups is 1. The van der Waals surface area contributed by atoms with E-state index in [1.807, 2.05) is 113 Å². The summed E-state index contributed by atoms with van der Waals surface area (Å²) in [6.45, 7) is 0.0455. The third kappa shape index (κ3) is 8.73. The summed E-state index contributed by atoms with van der Waals surface area (Å²) in [6, 6.07) is 30.5. The zero-order valence-corrected chi connectivity index (χ0v) is 37.9. The van der Waals surface area contributed by atoms with Crippen LogP contribution in [0, 0.1) is 12.9 Å². The Labute approximate surface area is 405 Å². The minimum absolute atomic E-state index is 0. The van der Waals surface area contributed by atoms with Crippen LogP contribution in [0.1, 0.15) is 131 Å². The number of phenols is 1. The molecule has 318 valence electrons. The van der Waals surface area contributed by atoms with Crippen molar-refractivity contribution in [1.29, 1.82) is 0 Å². The Hall–Kier alpha value is -5.57. The van der Waals surface area contributed by atoms with Gasteiger partial charge in [0.1, 0.15) is 11.6 Å². The minimum atomic E-state index is -3.83. The number of pyridine rings is 1. The van der Waals surface area contributed by atoms with Crippen molar-refractivity contribution in [3.8, 4) is 67.5 Å². The number of phenolic OH excluding ortho intramolecular Hbond substituents is 1. The molecular formula is C57H58N3OPt-. The van der Waals surface area contributed by atoms with Crippen molar-refractivity contribution in [2.45, 2.75) is 98.5 Å². The number of aryl methyl sites for hydroxylation is 1. The van der Waals surface area contributed by atoms with E-state index in [1.54, 1.807) is 16.7 Å². The van der Waals surface area contributed by atoms with Gasteiger partial charge in [0.25, 0.3) is 0 Å². The Balaban J connectivity index is 0.00000882. The maximum Gasteiger partial charge on any atom is 0.148 e. The van der Waals surface area contributed by atoms with Crippen LogP contribution in [0.2, 0.25) is 0 Å². The van der Waals surface area contributed by atoms with Crippen LogP contribution in [0.3, 0.4) is 0 Å². The molecule has 2 heterocycles. The van der Waals surface area contributed by atoms with Gasteiger partial charge in [0.2, 0.25) is 0 Å². The predicted molar refractivity (Wildman–Crippen MR) is 257 cm³/mol. The summed E-state index contributed by atoms with van der Waals surface area (Å²) in [6.07, 6.45) is 1.38. The van der Waals surface area contributed by atoms with Crippen LogP contribution in [0.4, 0.5) is 0 Å². The first-order valence-corrected chi connectivity index (χ1v) is 20.4. The number of hydrogen-bond acceptors (Lipinski definition) is 3. The van der Waals surface area contributed by atoms with E-state index in [9.17, 15) is 5.11 Å². The molecule has 0 spiro atoms. The summed E-state index contributed by atoms with van der Waals surface area (Å²) in [7, 11) is 0. The van der Waals surface area contributed by atoms with Gasteiger partial charge in [-0.3, -0.25) is 9.55 Å². The van der Waals surface area contributed by atoms with Crippen molar-refractivity contribution < 1.29 is 48.1 Å². The predicted octanol–water partition coefficient (Wildman–Crippen LogP) is 15.4. The molecule has 0 aliphatic rings. The molecule has 0 aliphatic heterocycles. The van der Waals surface area contributed by atoms with Gasteiger partial charge in [-0.15, -0.1) is 29.3 Å². The van der Waals surface area contributed by atoms with Crippen molar-refractivity contribution >= 4 is 11.0 Å². The fourth-order valence-corrected chi connectivity index (χ4v) is 7.57. The molecule has 2 aromatic heterocycles. The van der Waals surface area contributed by atoms with Crippen molar-refractivity contribution in [3.63, 3.8) is 0 Å². The molecule has 62 heavy (non-hydrogen) atoms. The van der Waals surface area contributed by atoms with E-state index in [1.165, 1.54) is 18.3 Å². The number of benzene rings is 6. The second-order valence-electron chi connectivity index (χ2n) is 17.2. The molecule has 4 nitrogen and oxygen atoms in total. The second kappa shape index (κ2) is 17.3. The van der Waals surface area contributed by atoms with Crippen LogP contribution in [-0.2, 0) is 31.9 Å². The summed E-state index contributed by atoms with van der Waals surface area (Å²) in [5.41, 5.74) is 1.76. The zero-order valence-electron chi connectivity index (χ0n) is 51.7. The Bertz CT molecular complexity index is 3520. The van der Waals surface area contributed by atoms with Crippen molar-refractivity contribution in [3.05, 3.63) is 167 Å². The minimum Gasteiger partial charge on any atom is -0.507 e. The topological polar surface area (TPSA) is 50.9 Å². The average molecular weight is 1010 g/mol. The van der Waals surface area contributed by atoms with Crippen LogP contribution in [0.25, 0.3) is 72.7 Å². The molecular weight excluding hydrogens is 938 g/mol. The molecule has 5 heteroatoms. The molecule has 6 aromatic carbocycles. The summed E-state index contributed by atoms with van der Waals surface area (Å²) in [5.74, 6) is 0.274. The van der Waals surface area contributed by atoms with E-state index in [4.69, 9.17) is 26.9 Å². The molecule has 1 N–H and O–H groups in total. The molecule has 0 saturated carbocycles. The fraction of sp³-hybridized carbons (Fsp3) is 0.263. The molecule has 0 amide bonds. The third-order valence-corrected chi connectivity index (χ3v) is 11.1. The Morgan fingerprint density at radius 3 is 2.08 bits per heavy atom. The summed E-state index contributed by atoms with van der Waals surface area (Å²) in [5, 5.41) is 12.2. The van der Waals surface area contributed by atoms with Crippen LogP contribution in [0.15, 0.2) is 133 Å².